The molecule has 0 saturated carbocycles. The molecule has 6 heteroatoms. The van der Waals surface area contributed by atoms with Gasteiger partial charge in [0.05, 0.1) is 25.4 Å². The summed E-state index contributed by atoms with van der Waals surface area (Å²) in [5.41, 5.74) is 0. The van der Waals surface area contributed by atoms with Crippen LogP contribution in [0.3, 0.4) is 0 Å². The summed E-state index contributed by atoms with van der Waals surface area (Å²) in [6.07, 6.45) is 55.4. The standard InChI is InChI=1S/C51H95NO5/c1-3-5-7-9-11-13-15-16-18-22-25-29-33-37-41-45-51(56)57-46-42-38-34-30-26-23-20-17-19-21-24-28-32-36-40-44-50(55)52-48(47-53)49(54)43-39-35-31-27-14-12-10-8-6-4-2/h16-18,20,23,26,48-49,53-54H,3-15,19,21-22,24-25,27-47H2,1-2H3,(H,52,55)/b18-16-,20-17-,26-23-. The number of ether oxygens (including phenoxy) is 1. The Balaban J connectivity index is 3.52. The van der Waals surface area contributed by atoms with Crippen molar-refractivity contribution in [2.45, 2.75) is 264 Å². The average molecular weight is 802 g/mol. The topological polar surface area (TPSA) is 95.9 Å². The second-order valence-electron chi connectivity index (χ2n) is 16.8. The summed E-state index contributed by atoms with van der Waals surface area (Å²) in [4.78, 5) is 24.4. The van der Waals surface area contributed by atoms with Crippen LogP contribution < -0.4 is 5.32 Å². The van der Waals surface area contributed by atoms with Gasteiger partial charge in [0.25, 0.3) is 0 Å². The monoisotopic (exact) mass is 802 g/mol. The molecule has 0 bridgehead atoms. The number of esters is 1. The van der Waals surface area contributed by atoms with Gasteiger partial charge in [-0.25, -0.2) is 0 Å². The number of nitrogens with one attached hydrogen (secondary N) is 1. The van der Waals surface area contributed by atoms with Gasteiger partial charge in [0.1, 0.15) is 0 Å². The van der Waals surface area contributed by atoms with Crippen LogP contribution in [-0.2, 0) is 14.3 Å². The number of hydrogen-bond acceptors (Lipinski definition) is 5. The summed E-state index contributed by atoms with van der Waals surface area (Å²) >= 11 is 0. The van der Waals surface area contributed by atoms with E-state index in [-0.39, 0.29) is 18.5 Å². The molecule has 0 saturated heterocycles. The third-order valence-corrected chi connectivity index (χ3v) is 11.2. The van der Waals surface area contributed by atoms with E-state index in [1.807, 2.05) is 0 Å². The largest absolute Gasteiger partial charge is 0.466 e. The van der Waals surface area contributed by atoms with Gasteiger partial charge in [0.2, 0.25) is 5.91 Å². The van der Waals surface area contributed by atoms with Gasteiger partial charge >= 0.3 is 5.97 Å². The highest BCUT2D eigenvalue weighted by Gasteiger charge is 2.20. The minimum atomic E-state index is -0.677. The van der Waals surface area contributed by atoms with Crippen molar-refractivity contribution in [2.75, 3.05) is 13.2 Å². The van der Waals surface area contributed by atoms with Gasteiger partial charge in [-0.3, -0.25) is 9.59 Å². The number of carbonyl (C=O) groups excluding carboxylic acids is 2. The van der Waals surface area contributed by atoms with E-state index in [2.05, 4.69) is 55.6 Å². The lowest BCUT2D eigenvalue weighted by atomic mass is 10.0. The lowest BCUT2D eigenvalue weighted by Crippen LogP contribution is -2.45. The number of aliphatic hydroxyl groups excluding tert-OH is 2. The van der Waals surface area contributed by atoms with Crippen LogP contribution >= 0.6 is 0 Å². The van der Waals surface area contributed by atoms with Crippen molar-refractivity contribution in [1.82, 2.24) is 5.32 Å². The van der Waals surface area contributed by atoms with E-state index in [1.54, 1.807) is 0 Å². The molecular formula is C51H95NO5. The highest BCUT2D eigenvalue weighted by atomic mass is 16.5. The van der Waals surface area contributed by atoms with E-state index < -0.39 is 12.1 Å². The van der Waals surface area contributed by atoms with Crippen LogP contribution in [0, 0.1) is 0 Å². The van der Waals surface area contributed by atoms with E-state index in [4.69, 9.17) is 4.74 Å². The fraction of sp³-hybridized carbons (Fsp3) is 0.843. The van der Waals surface area contributed by atoms with Crippen molar-refractivity contribution in [2.24, 2.45) is 0 Å². The van der Waals surface area contributed by atoms with Crippen LogP contribution in [0.1, 0.15) is 251 Å². The van der Waals surface area contributed by atoms with Gasteiger partial charge in [0, 0.05) is 12.8 Å². The molecule has 2 unspecified atom stereocenters. The first-order valence-electron chi connectivity index (χ1n) is 24.8. The number of hydrogen-bond donors (Lipinski definition) is 3. The first-order chi connectivity index (χ1) is 28.0. The predicted molar refractivity (Wildman–Crippen MR) is 246 cm³/mol. The summed E-state index contributed by atoms with van der Waals surface area (Å²) in [6, 6.07) is -0.556. The van der Waals surface area contributed by atoms with E-state index >= 15 is 0 Å². The van der Waals surface area contributed by atoms with Crippen LogP contribution in [0.2, 0.25) is 0 Å². The van der Waals surface area contributed by atoms with E-state index in [0.717, 1.165) is 77.0 Å². The molecular weight excluding hydrogens is 707 g/mol. The fourth-order valence-electron chi connectivity index (χ4n) is 7.33. The van der Waals surface area contributed by atoms with Crippen molar-refractivity contribution >= 4 is 11.9 Å². The smallest absolute Gasteiger partial charge is 0.305 e. The Morgan fingerprint density at radius 3 is 1.35 bits per heavy atom. The van der Waals surface area contributed by atoms with Gasteiger partial charge in [-0.1, -0.05) is 192 Å². The van der Waals surface area contributed by atoms with Gasteiger partial charge < -0.3 is 20.3 Å². The second-order valence-corrected chi connectivity index (χ2v) is 16.8. The Bertz CT molecular complexity index is 931. The van der Waals surface area contributed by atoms with Crippen molar-refractivity contribution < 1.29 is 24.5 Å². The van der Waals surface area contributed by atoms with Crippen LogP contribution in [0.4, 0.5) is 0 Å². The maximum atomic E-state index is 12.4. The molecule has 2 atom stereocenters. The highest BCUT2D eigenvalue weighted by Crippen LogP contribution is 2.15. The van der Waals surface area contributed by atoms with E-state index in [1.165, 1.54) is 141 Å². The summed E-state index contributed by atoms with van der Waals surface area (Å²) < 4.78 is 5.43. The van der Waals surface area contributed by atoms with E-state index in [9.17, 15) is 19.8 Å². The van der Waals surface area contributed by atoms with Gasteiger partial charge in [-0.15, -0.1) is 0 Å². The lowest BCUT2D eigenvalue weighted by Gasteiger charge is -2.22. The number of unbranched alkanes of at least 4 members (excludes halogenated alkanes) is 29. The lowest BCUT2D eigenvalue weighted by molar-refractivity contribution is -0.143. The molecule has 6 nitrogen and oxygen atoms in total. The van der Waals surface area contributed by atoms with Gasteiger partial charge in [-0.05, 0) is 83.5 Å². The molecule has 1 amide bonds. The molecule has 0 aromatic heterocycles. The number of amides is 1. The quantitative estimate of drug-likeness (QED) is 0.0247. The SMILES string of the molecule is CCCCCCCC/C=C\CCCCCCCC(=O)OCCCCC/C=C\C=C/CCCCCCCCC(=O)NC(CO)C(O)CCCCCCCCCCCC. The van der Waals surface area contributed by atoms with Gasteiger partial charge in [0.15, 0.2) is 0 Å². The fourth-order valence-corrected chi connectivity index (χ4v) is 7.33. The molecule has 0 fully saturated rings. The Morgan fingerprint density at radius 1 is 0.491 bits per heavy atom. The highest BCUT2D eigenvalue weighted by molar-refractivity contribution is 5.76. The number of rotatable bonds is 45. The first-order valence-corrected chi connectivity index (χ1v) is 24.8. The molecule has 0 aliphatic rings. The third kappa shape index (κ3) is 43.5. The number of carbonyl (C=O) groups is 2. The minimum absolute atomic E-state index is 0.0305. The summed E-state index contributed by atoms with van der Waals surface area (Å²) in [5.74, 6) is -0.0912. The molecule has 0 aliphatic carbocycles. The molecule has 0 aromatic rings. The molecule has 3 N–H and O–H groups in total. The molecule has 0 aromatic carbocycles. The predicted octanol–water partition coefficient (Wildman–Crippen LogP) is 14.5. The zero-order valence-electron chi connectivity index (χ0n) is 37.8. The van der Waals surface area contributed by atoms with Crippen LogP contribution in [0.5, 0.6) is 0 Å². The zero-order valence-corrected chi connectivity index (χ0v) is 37.8. The normalized spacial score (nSPS) is 13.0. The van der Waals surface area contributed by atoms with Crippen LogP contribution in [0.25, 0.3) is 0 Å². The molecule has 0 spiro atoms. The van der Waals surface area contributed by atoms with Crippen molar-refractivity contribution in [3.63, 3.8) is 0 Å². The molecule has 0 aliphatic heterocycles. The zero-order chi connectivity index (χ0) is 41.5. The summed E-state index contributed by atoms with van der Waals surface area (Å²) in [7, 11) is 0. The van der Waals surface area contributed by atoms with Crippen LogP contribution in [0.15, 0.2) is 36.5 Å². The van der Waals surface area contributed by atoms with E-state index in [0.29, 0.717) is 25.9 Å². The molecule has 334 valence electrons. The number of allylic oxidation sites excluding steroid dienone is 6. The second kappa shape index (κ2) is 46.8. The Labute approximate surface area is 353 Å². The molecule has 0 radical (unpaired) electrons. The minimum Gasteiger partial charge on any atom is -0.466 e. The van der Waals surface area contributed by atoms with Crippen molar-refractivity contribution in [1.29, 1.82) is 0 Å². The summed E-state index contributed by atoms with van der Waals surface area (Å²) in [6.45, 7) is 4.86. The molecule has 57 heavy (non-hydrogen) atoms. The third-order valence-electron chi connectivity index (χ3n) is 11.2. The summed E-state index contributed by atoms with van der Waals surface area (Å²) in [5, 5.41) is 23.1. The maximum absolute atomic E-state index is 12.4. The Morgan fingerprint density at radius 2 is 0.877 bits per heavy atom. The Hall–Kier alpha value is -1.92. The first kappa shape index (κ1) is 55.1. The maximum Gasteiger partial charge on any atom is 0.305 e. The van der Waals surface area contributed by atoms with Crippen molar-refractivity contribution in [3.05, 3.63) is 36.5 Å². The molecule has 0 heterocycles. The van der Waals surface area contributed by atoms with Gasteiger partial charge in [-0.2, -0.15) is 0 Å². The van der Waals surface area contributed by atoms with Crippen molar-refractivity contribution in [3.8, 4) is 0 Å². The Kier molecular flexibility index (Phi) is 45.2. The molecule has 0 rings (SSSR count). The van der Waals surface area contributed by atoms with Crippen LogP contribution in [-0.4, -0.2) is 47.4 Å². The average Bonchev–Trinajstić information content (AvgIpc) is 3.21. The number of aliphatic hydroxyl groups is 2.